The normalized spacial score (nSPS) is 18.5. The van der Waals surface area contributed by atoms with Gasteiger partial charge in [0.05, 0.1) is 12.6 Å². The predicted molar refractivity (Wildman–Crippen MR) is 116 cm³/mol. The summed E-state index contributed by atoms with van der Waals surface area (Å²) in [4.78, 5) is 19.9. The lowest BCUT2D eigenvalue weighted by molar-refractivity contribution is -0.123. The van der Waals surface area contributed by atoms with Gasteiger partial charge < -0.3 is 9.64 Å². The fourth-order valence-corrected chi connectivity index (χ4v) is 4.37. The number of fused-ring (bicyclic) bond motifs is 1. The molecule has 0 bridgehead atoms. The summed E-state index contributed by atoms with van der Waals surface area (Å²) in [5.41, 5.74) is 3.69. The maximum atomic E-state index is 13.1. The Morgan fingerprint density at radius 2 is 1.72 bits per heavy atom. The highest BCUT2D eigenvalue weighted by Crippen LogP contribution is 2.28. The summed E-state index contributed by atoms with van der Waals surface area (Å²) in [6, 6.07) is 16.6. The Balaban J connectivity index is 1.29. The molecule has 1 saturated heterocycles. The summed E-state index contributed by atoms with van der Waals surface area (Å²) < 4.78 is 5.52. The number of amides is 1. The van der Waals surface area contributed by atoms with Crippen molar-refractivity contribution in [1.82, 2.24) is 9.80 Å². The van der Waals surface area contributed by atoms with Crippen molar-refractivity contribution in [3.05, 3.63) is 59.7 Å². The quantitative estimate of drug-likeness (QED) is 0.755. The van der Waals surface area contributed by atoms with Crippen LogP contribution in [0.4, 0.5) is 5.69 Å². The Morgan fingerprint density at radius 1 is 1.00 bits per heavy atom. The second-order valence-corrected chi connectivity index (χ2v) is 7.93. The molecule has 0 spiro atoms. The third kappa shape index (κ3) is 4.46. The van der Waals surface area contributed by atoms with Crippen molar-refractivity contribution in [2.75, 3.05) is 44.2 Å². The molecule has 0 saturated carbocycles. The molecule has 5 heteroatoms. The van der Waals surface area contributed by atoms with Crippen molar-refractivity contribution in [1.29, 1.82) is 0 Å². The van der Waals surface area contributed by atoms with Gasteiger partial charge in [0.25, 0.3) is 0 Å². The molecule has 0 aliphatic carbocycles. The highest BCUT2D eigenvalue weighted by atomic mass is 16.5. The second-order valence-electron chi connectivity index (χ2n) is 7.93. The van der Waals surface area contributed by atoms with E-state index in [1.807, 2.05) is 30.0 Å². The van der Waals surface area contributed by atoms with E-state index in [0.29, 0.717) is 6.61 Å². The van der Waals surface area contributed by atoms with E-state index in [2.05, 4.69) is 47.1 Å². The molecular weight excluding hydrogens is 362 g/mol. The molecule has 1 fully saturated rings. The van der Waals surface area contributed by atoms with Gasteiger partial charge in [-0.3, -0.25) is 14.6 Å². The van der Waals surface area contributed by atoms with Gasteiger partial charge >= 0.3 is 0 Å². The third-order valence-electron chi connectivity index (χ3n) is 6.11. The van der Waals surface area contributed by atoms with Crippen molar-refractivity contribution in [2.24, 2.45) is 0 Å². The topological polar surface area (TPSA) is 36.0 Å². The Morgan fingerprint density at radius 3 is 2.45 bits per heavy atom. The van der Waals surface area contributed by atoms with E-state index in [1.54, 1.807) is 0 Å². The van der Waals surface area contributed by atoms with E-state index in [1.165, 1.54) is 11.1 Å². The van der Waals surface area contributed by atoms with Gasteiger partial charge in [-0.2, -0.15) is 0 Å². The summed E-state index contributed by atoms with van der Waals surface area (Å²) in [6.45, 7) is 10.3. The maximum absolute atomic E-state index is 13.1. The molecule has 2 aliphatic heterocycles. The lowest BCUT2D eigenvalue weighted by Crippen LogP contribution is -2.54. The van der Waals surface area contributed by atoms with Gasteiger partial charge in [0.2, 0.25) is 5.91 Å². The van der Waals surface area contributed by atoms with Crippen molar-refractivity contribution >= 4 is 11.6 Å². The number of nitrogens with zero attached hydrogens (tertiary/aromatic N) is 3. The maximum Gasteiger partial charge on any atom is 0.244 e. The summed E-state index contributed by atoms with van der Waals surface area (Å²) >= 11 is 0. The molecule has 29 heavy (non-hydrogen) atoms. The first-order chi connectivity index (χ1) is 14.2. The van der Waals surface area contributed by atoms with Gasteiger partial charge in [-0.25, -0.2) is 0 Å². The minimum absolute atomic E-state index is 0.0752. The SMILES string of the molecule is CCOc1ccc(CN2CCN(C(C)C(=O)N3CCc4ccccc43)CC2)cc1. The first-order valence-electron chi connectivity index (χ1n) is 10.7. The van der Waals surface area contributed by atoms with Crippen molar-refractivity contribution in [3.8, 4) is 5.75 Å². The van der Waals surface area contributed by atoms with Gasteiger partial charge in [0.15, 0.2) is 0 Å². The molecule has 154 valence electrons. The van der Waals surface area contributed by atoms with Gasteiger partial charge in [0.1, 0.15) is 5.75 Å². The Kier molecular flexibility index (Phi) is 6.16. The minimum atomic E-state index is -0.0752. The molecule has 1 atom stereocenters. The number of carbonyl (C=O) groups is 1. The molecule has 2 aliphatic rings. The molecule has 0 N–H and O–H groups in total. The number of benzene rings is 2. The summed E-state index contributed by atoms with van der Waals surface area (Å²) in [5, 5.41) is 0. The molecule has 1 amide bonds. The molecule has 2 aromatic carbocycles. The standard InChI is InChI=1S/C24H31N3O2/c1-3-29-22-10-8-20(9-11-22)18-25-14-16-26(17-15-25)19(2)24(28)27-13-12-21-6-4-5-7-23(21)27/h4-11,19H,3,12-18H2,1-2H3. The predicted octanol–water partition coefficient (Wildman–Crippen LogP) is 3.18. The monoisotopic (exact) mass is 393 g/mol. The Hall–Kier alpha value is -2.37. The highest BCUT2D eigenvalue weighted by Gasteiger charge is 2.32. The van der Waals surface area contributed by atoms with Crippen molar-refractivity contribution < 1.29 is 9.53 Å². The van der Waals surface area contributed by atoms with Crippen LogP contribution in [0.25, 0.3) is 0 Å². The van der Waals surface area contributed by atoms with Crippen LogP contribution in [0.3, 0.4) is 0 Å². The van der Waals surface area contributed by atoms with Crippen molar-refractivity contribution in [2.45, 2.75) is 32.9 Å². The van der Waals surface area contributed by atoms with E-state index in [0.717, 1.165) is 57.1 Å². The zero-order valence-corrected chi connectivity index (χ0v) is 17.5. The van der Waals surface area contributed by atoms with E-state index in [4.69, 9.17) is 4.74 Å². The van der Waals surface area contributed by atoms with E-state index >= 15 is 0 Å². The van der Waals surface area contributed by atoms with Crippen LogP contribution in [-0.4, -0.2) is 61.1 Å². The number of hydrogen-bond donors (Lipinski definition) is 0. The van der Waals surface area contributed by atoms with E-state index in [9.17, 15) is 4.79 Å². The number of rotatable bonds is 6. The largest absolute Gasteiger partial charge is 0.494 e. The van der Waals surface area contributed by atoms with Gasteiger partial charge in [-0.1, -0.05) is 30.3 Å². The van der Waals surface area contributed by atoms with Crippen LogP contribution in [0.2, 0.25) is 0 Å². The van der Waals surface area contributed by atoms with Gasteiger partial charge in [0, 0.05) is 45.0 Å². The third-order valence-corrected chi connectivity index (χ3v) is 6.11. The minimum Gasteiger partial charge on any atom is -0.494 e. The fraction of sp³-hybridized carbons (Fsp3) is 0.458. The van der Waals surface area contributed by atoms with Crippen LogP contribution in [0.15, 0.2) is 48.5 Å². The molecule has 4 rings (SSSR count). The van der Waals surface area contributed by atoms with Crippen molar-refractivity contribution in [3.63, 3.8) is 0 Å². The lowest BCUT2D eigenvalue weighted by atomic mass is 10.1. The average molecular weight is 394 g/mol. The van der Waals surface area contributed by atoms with Crippen LogP contribution >= 0.6 is 0 Å². The average Bonchev–Trinajstić information content (AvgIpc) is 3.19. The molecule has 0 radical (unpaired) electrons. The number of ether oxygens (including phenoxy) is 1. The van der Waals surface area contributed by atoms with Crippen LogP contribution in [0, 0.1) is 0 Å². The van der Waals surface area contributed by atoms with Gasteiger partial charge in [-0.15, -0.1) is 0 Å². The van der Waals surface area contributed by atoms with Gasteiger partial charge in [-0.05, 0) is 49.6 Å². The molecule has 2 heterocycles. The van der Waals surface area contributed by atoms with E-state index < -0.39 is 0 Å². The number of anilines is 1. The molecule has 0 aromatic heterocycles. The number of para-hydroxylation sites is 1. The first kappa shape index (κ1) is 19.9. The second kappa shape index (κ2) is 8.97. The Bertz CT molecular complexity index is 828. The fourth-order valence-electron chi connectivity index (χ4n) is 4.37. The molecular formula is C24H31N3O2. The Labute approximate surface area is 173 Å². The number of carbonyl (C=O) groups excluding carboxylic acids is 1. The summed E-state index contributed by atoms with van der Waals surface area (Å²) in [6.07, 6.45) is 0.963. The van der Waals surface area contributed by atoms with Crippen LogP contribution in [0.5, 0.6) is 5.75 Å². The summed E-state index contributed by atoms with van der Waals surface area (Å²) in [7, 11) is 0. The zero-order chi connectivity index (χ0) is 20.2. The smallest absolute Gasteiger partial charge is 0.244 e. The molecule has 1 unspecified atom stereocenters. The van der Waals surface area contributed by atoms with Crippen LogP contribution in [-0.2, 0) is 17.8 Å². The highest BCUT2D eigenvalue weighted by molar-refractivity contribution is 5.98. The van der Waals surface area contributed by atoms with E-state index in [-0.39, 0.29) is 11.9 Å². The molecule has 2 aromatic rings. The lowest BCUT2D eigenvalue weighted by Gasteiger charge is -2.38. The molecule has 5 nitrogen and oxygen atoms in total. The summed E-state index contributed by atoms with van der Waals surface area (Å²) in [5.74, 6) is 1.16. The van der Waals surface area contributed by atoms with Crippen LogP contribution in [0.1, 0.15) is 25.0 Å². The number of hydrogen-bond acceptors (Lipinski definition) is 4. The van der Waals surface area contributed by atoms with Crippen LogP contribution < -0.4 is 9.64 Å². The first-order valence-corrected chi connectivity index (χ1v) is 10.7. The zero-order valence-electron chi connectivity index (χ0n) is 17.5. The number of piperazine rings is 1.